The van der Waals surface area contributed by atoms with Crippen molar-refractivity contribution in [3.8, 4) is 0 Å². The number of aryl methyl sites for hydroxylation is 2. The molecule has 0 bridgehead atoms. The molecule has 1 atom stereocenters. The molecule has 104 valence electrons. The van der Waals surface area contributed by atoms with Gasteiger partial charge >= 0.3 is 0 Å². The van der Waals surface area contributed by atoms with Crippen molar-refractivity contribution in [2.75, 3.05) is 26.8 Å². The minimum Gasteiger partial charge on any atom is -0.383 e. The van der Waals surface area contributed by atoms with Crippen LogP contribution < -0.4 is 5.32 Å². The van der Waals surface area contributed by atoms with E-state index >= 15 is 0 Å². The Morgan fingerprint density at radius 2 is 2.22 bits per heavy atom. The van der Waals surface area contributed by atoms with Crippen LogP contribution in [0.4, 0.5) is 0 Å². The van der Waals surface area contributed by atoms with E-state index in [0.29, 0.717) is 5.92 Å². The number of rotatable bonds is 9. The highest BCUT2D eigenvalue weighted by atomic mass is 16.5. The summed E-state index contributed by atoms with van der Waals surface area (Å²) in [6.45, 7) is 10.2. The summed E-state index contributed by atoms with van der Waals surface area (Å²) in [5.74, 6) is 0.670. The molecule has 0 fully saturated rings. The molecule has 0 aromatic carbocycles. The van der Waals surface area contributed by atoms with Crippen molar-refractivity contribution >= 4 is 0 Å². The zero-order valence-corrected chi connectivity index (χ0v) is 12.2. The van der Waals surface area contributed by atoms with E-state index in [1.165, 1.54) is 12.1 Å². The van der Waals surface area contributed by atoms with Crippen LogP contribution in [0.15, 0.2) is 6.07 Å². The summed E-state index contributed by atoms with van der Waals surface area (Å²) in [6.07, 6.45) is 2.29. The number of nitrogens with zero attached hydrogens (tertiary/aromatic N) is 2. The number of ether oxygens (including phenoxy) is 1. The molecule has 1 heterocycles. The van der Waals surface area contributed by atoms with Crippen molar-refractivity contribution in [3.63, 3.8) is 0 Å². The quantitative estimate of drug-likeness (QED) is 0.684. The molecular formula is C14H27N3O. The summed E-state index contributed by atoms with van der Waals surface area (Å²) in [4.78, 5) is 0. The minimum atomic E-state index is 0.670. The van der Waals surface area contributed by atoms with E-state index in [0.717, 1.165) is 38.4 Å². The molecule has 4 nitrogen and oxygen atoms in total. The monoisotopic (exact) mass is 253 g/mol. The van der Waals surface area contributed by atoms with E-state index in [2.05, 4.69) is 41.9 Å². The third-order valence-electron chi connectivity index (χ3n) is 3.28. The second-order valence-electron chi connectivity index (χ2n) is 4.77. The highest BCUT2D eigenvalue weighted by Gasteiger charge is 2.11. The molecule has 1 aromatic heterocycles. The maximum absolute atomic E-state index is 5.04. The van der Waals surface area contributed by atoms with E-state index < -0.39 is 0 Å². The molecular weight excluding hydrogens is 226 g/mol. The Morgan fingerprint density at radius 3 is 2.83 bits per heavy atom. The Morgan fingerprint density at radius 1 is 1.44 bits per heavy atom. The average Bonchev–Trinajstić information content (AvgIpc) is 2.73. The van der Waals surface area contributed by atoms with Crippen molar-refractivity contribution < 1.29 is 4.74 Å². The van der Waals surface area contributed by atoms with Crippen LogP contribution in [-0.2, 0) is 17.7 Å². The van der Waals surface area contributed by atoms with E-state index in [9.17, 15) is 0 Å². The predicted molar refractivity (Wildman–Crippen MR) is 74.9 cm³/mol. The first-order valence-electron chi connectivity index (χ1n) is 6.94. The predicted octanol–water partition coefficient (Wildman–Crippen LogP) is 2.02. The van der Waals surface area contributed by atoms with Crippen LogP contribution in [-0.4, -0.2) is 36.6 Å². The first kappa shape index (κ1) is 15.2. The summed E-state index contributed by atoms with van der Waals surface area (Å²) >= 11 is 0. The van der Waals surface area contributed by atoms with Crippen LogP contribution in [0.5, 0.6) is 0 Å². The lowest BCUT2D eigenvalue weighted by Gasteiger charge is -2.16. The molecule has 0 spiro atoms. The van der Waals surface area contributed by atoms with Crippen molar-refractivity contribution in [1.82, 2.24) is 15.1 Å². The Hall–Kier alpha value is -0.870. The van der Waals surface area contributed by atoms with E-state index in [1.54, 1.807) is 7.11 Å². The molecule has 1 unspecified atom stereocenters. The summed E-state index contributed by atoms with van der Waals surface area (Å²) in [6, 6.07) is 2.21. The second-order valence-corrected chi connectivity index (χ2v) is 4.77. The van der Waals surface area contributed by atoms with Gasteiger partial charge in [-0.05, 0) is 38.8 Å². The number of methoxy groups -OCH3 is 1. The molecule has 1 rings (SSSR count). The molecule has 0 radical (unpaired) electrons. The summed E-state index contributed by atoms with van der Waals surface area (Å²) in [5.41, 5.74) is 2.48. The minimum absolute atomic E-state index is 0.670. The maximum atomic E-state index is 5.04. The smallest absolute Gasteiger partial charge is 0.0596 e. The molecule has 18 heavy (non-hydrogen) atoms. The van der Waals surface area contributed by atoms with Gasteiger partial charge in [0.05, 0.1) is 12.3 Å². The van der Waals surface area contributed by atoms with Gasteiger partial charge in [0, 0.05) is 25.9 Å². The largest absolute Gasteiger partial charge is 0.383 e. The molecule has 0 aliphatic carbocycles. The highest BCUT2D eigenvalue weighted by molar-refractivity contribution is 5.09. The van der Waals surface area contributed by atoms with Crippen LogP contribution in [0.2, 0.25) is 0 Å². The normalized spacial score (nSPS) is 12.9. The second kappa shape index (κ2) is 8.27. The topological polar surface area (TPSA) is 39.1 Å². The number of nitrogens with one attached hydrogen (secondary N) is 1. The van der Waals surface area contributed by atoms with Crippen LogP contribution >= 0.6 is 0 Å². The Balaban J connectivity index is 2.46. The zero-order chi connectivity index (χ0) is 13.4. The SMILES string of the molecule is CCC(CNCCOC)Cc1cc(C)nn1CC. The lowest BCUT2D eigenvalue weighted by Crippen LogP contribution is -2.27. The lowest BCUT2D eigenvalue weighted by molar-refractivity contribution is 0.197. The van der Waals surface area contributed by atoms with Crippen LogP contribution in [0.25, 0.3) is 0 Å². The van der Waals surface area contributed by atoms with Crippen molar-refractivity contribution in [3.05, 3.63) is 17.5 Å². The zero-order valence-electron chi connectivity index (χ0n) is 12.2. The van der Waals surface area contributed by atoms with E-state index in [-0.39, 0.29) is 0 Å². The first-order chi connectivity index (χ1) is 8.71. The van der Waals surface area contributed by atoms with Gasteiger partial charge in [-0.25, -0.2) is 0 Å². The van der Waals surface area contributed by atoms with Crippen LogP contribution in [0, 0.1) is 12.8 Å². The van der Waals surface area contributed by atoms with Gasteiger partial charge in [0.25, 0.3) is 0 Å². The third-order valence-corrected chi connectivity index (χ3v) is 3.28. The third kappa shape index (κ3) is 4.78. The number of hydrogen-bond donors (Lipinski definition) is 1. The average molecular weight is 253 g/mol. The van der Waals surface area contributed by atoms with E-state index in [1.807, 2.05) is 0 Å². The molecule has 0 saturated heterocycles. The summed E-state index contributed by atoms with van der Waals surface area (Å²) in [7, 11) is 1.74. The Labute approximate surface area is 111 Å². The van der Waals surface area contributed by atoms with Gasteiger partial charge < -0.3 is 10.1 Å². The van der Waals surface area contributed by atoms with Crippen molar-refractivity contribution in [1.29, 1.82) is 0 Å². The highest BCUT2D eigenvalue weighted by Crippen LogP contribution is 2.13. The molecule has 4 heteroatoms. The fourth-order valence-corrected chi connectivity index (χ4v) is 2.17. The van der Waals surface area contributed by atoms with Gasteiger partial charge in [0.15, 0.2) is 0 Å². The van der Waals surface area contributed by atoms with Gasteiger partial charge in [0.2, 0.25) is 0 Å². The van der Waals surface area contributed by atoms with Gasteiger partial charge in [-0.2, -0.15) is 5.10 Å². The van der Waals surface area contributed by atoms with Crippen LogP contribution in [0.1, 0.15) is 31.7 Å². The van der Waals surface area contributed by atoms with Crippen molar-refractivity contribution in [2.45, 2.75) is 40.2 Å². The first-order valence-corrected chi connectivity index (χ1v) is 6.94. The summed E-state index contributed by atoms with van der Waals surface area (Å²) in [5, 5.41) is 7.95. The summed E-state index contributed by atoms with van der Waals surface area (Å²) < 4.78 is 7.16. The standard InChI is InChI=1S/C14H27N3O/c1-5-13(11-15-7-8-18-4)10-14-9-12(3)16-17(14)6-2/h9,13,15H,5-8,10-11H2,1-4H3. The molecule has 0 amide bonds. The van der Waals surface area contributed by atoms with Crippen molar-refractivity contribution in [2.24, 2.45) is 5.92 Å². The van der Waals surface area contributed by atoms with Gasteiger partial charge in [-0.3, -0.25) is 4.68 Å². The molecule has 0 aliphatic rings. The molecule has 0 aliphatic heterocycles. The number of hydrogen-bond acceptors (Lipinski definition) is 3. The fraction of sp³-hybridized carbons (Fsp3) is 0.786. The Kier molecular flexibility index (Phi) is 6.98. The van der Waals surface area contributed by atoms with Gasteiger partial charge in [-0.15, -0.1) is 0 Å². The lowest BCUT2D eigenvalue weighted by atomic mass is 10.00. The van der Waals surface area contributed by atoms with Crippen LogP contribution in [0.3, 0.4) is 0 Å². The van der Waals surface area contributed by atoms with Gasteiger partial charge in [-0.1, -0.05) is 13.3 Å². The molecule has 1 N–H and O–H groups in total. The Bertz CT molecular complexity index is 336. The van der Waals surface area contributed by atoms with Gasteiger partial charge in [0.1, 0.15) is 0 Å². The maximum Gasteiger partial charge on any atom is 0.0596 e. The molecule has 1 aromatic rings. The number of aromatic nitrogens is 2. The van der Waals surface area contributed by atoms with E-state index in [4.69, 9.17) is 4.74 Å². The molecule has 0 saturated carbocycles. The fourth-order valence-electron chi connectivity index (χ4n) is 2.17.